The first kappa shape index (κ1) is 14.3. The fourth-order valence-corrected chi connectivity index (χ4v) is 3.99. The number of rotatable bonds is 3. The predicted molar refractivity (Wildman–Crippen MR) is 75.5 cm³/mol. The summed E-state index contributed by atoms with van der Waals surface area (Å²) in [6.07, 6.45) is 2.51. The van der Waals surface area contributed by atoms with Gasteiger partial charge in [-0.15, -0.1) is 0 Å². The Hall–Kier alpha value is -1.62. The molecule has 4 nitrogen and oxygen atoms in total. The zero-order chi connectivity index (χ0) is 15.1. The van der Waals surface area contributed by atoms with E-state index >= 15 is 0 Å². The number of fused-ring (bicyclic) bond motifs is 2. The van der Waals surface area contributed by atoms with Crippen molar-refractivity contribution >= 4 is 29.2 Å². The molecule has 0 heterocycles. The first-order valence-electron chi connectivity index (χ1n) is 6.96. The third-order valence-corrected chi connectivity index (χ3v) is 4.93. The van der Waals surface area contributed by atoms with Crippen molar-refractivity contribution in [1.29, 1.82) is 0 Å². The second-order valence-corrected chi connectivity index (χ2v) is 6.27. The summed E-state index contributed by atoms with van der Waals surface area (Å²) in [6, 6.07) is 3.99. The lowest BCUT2D eigenvalue weighted by atomic mass is 9.78. The number of carbonyl (C=O) groups excluding carboxylic acids is 1. The number of hydrogen-bond donors (Lipinski definition) is 2. The summed E-state index contributed by atoms with van der Waals surface area (Å²) in [5.41, 5.74) is 0.0383. The lowest BCUT2D eigenvalue weighted by Crippen LogP contribution is -2.38. The van der Waals surface area contributed by atoms with E-state index in [9.17, 15) is 19.1 Å². The van der Waals surface area contributed by atoms with Gasteiger partial charge in [0.15, 0.2) is 0 Å². The fourth-order valence-electron chi connectivity index (χ4n) is 3.83. The summed E-state index contributed by atoms with van der Waals surface area (Å²) in [7, 11) is 0. The van der Waals surface area contributed by atoms with Crippen LogP contribution in [0.4, 0.5) is 10.1 Å². The molecule has 2 bridgehead atoms. The number of carboxylic acids is 1. The van der Waals surface area contributed by atoms with Gasteiger partial charge in [0, 0.05) is 5.02 Å². The van der Waals surface area contributed by atoms with Crippen LogP contribution in [0.3, 0.4) is 0 Å². The lowest BCUT2D eigenvalue weighted by molar-refractivity contribution is -0.148. The van der Waals surface area contributed by atoms with Gasteiger partial charge in [0.25, 0.3) is 0 Å². The van der Waals surface area contributed by atoms with E-state index in [2.05, 4.69) is 5.32 Å². The molecule has 2 fully saturated rings. The third-order valence-electron chi connectivity index (χ3n) is 4.69. The normalized spacial score (nSPS) is 30.4. The van der Waals surface area contributed by atoms with Gasteiger partial charge in [-0.05, 0) is 49.3 Å². The van der Waals surface area contributed by atoms with E-state index in [1.807, 2.05) is 0 Å². The molecule has 1 amide bonds. The average molecular weight is 312 g/mol. The van der Waals surface area contributed by atoms with Crippen molar-refractivity contribution < 1.29 is 19.1 Å². The predicted octanol–water partition coefficient (Wildman–Crippen LogP) is 3.16. The minimum Gasteiger partial charge on any atom is -0.481 e. The van der Waals surface area contributed by atoms with E-state index in [0.717, 1.165) is 25.3 Å². The van der Waals surface area contributed by atoms with Crippen LogP contribution in [0.15, 0.2) is 18.2 Å². The summed E-state index contributed by atoms with van der Waals surface area (Å²) in [6.45, 7) is 0. The first-order valence-corrected chi connectivity index (χ1v) is 7.34. The molecule has 0 saturated heterocycles. The molecule has 3 rings (SSSR count). The molecule has 2 saturated carbocycles. The standard InChI is InChI=1S/C15H15ClFNO3/c16-9-3-4-11(10(17)6-9)18-14(19)12-7-1-2-8(5-7)13(12)15(20)21/h3-4,6-8,12-13H,1-2,5H2,(H,18,19)(H,20,21). The number of halogens is 2. The molecule has 21 heavy (non-hydrogen) atoms. The van der Waals surface area contributed by atoms with Crippen molar-refractivity contribution in [2.75, 3.05) is 5.32 Å². The highest BCUT2D eigenvalue weighted by molar-refractivity contribution is 6.30. The van der Waals surface area contributed by atoms with Crippen molar-refractivity contribution in [2.45, 2.75) is 19.3 Å². The maximum Gasteiger partial charge on any atom is 0.307 e. The fraction of sp³-hybridized carbons (Fsp3) is 0.467. The van der Waals surface area contributed by atoms with Crippen molar-refractivity contribution in [3.05, 3.63) is 29.0 Å². The van der Waals surface area contributed by atoms with E-state index in [1.165, 1.54) is 12.1 Å². The Balaban J connectivity index is 1.80. The summed E-state index contributed by atoms with van der Waals surface area (Å²) >= 11 is 5.67. The van der Waals surface area contributed by atoms with E-state index in [1.54, 1.807) is 0 Å². The van der Waals surface area contributed by atoms with Gasteiger partial charge in [-0.1, -0.05) is 11.6 Å². The van der Waals surface area contributed by atoms with Gasteiger partial charge in [-0.2, -0.15) is 0 Å². The molecular formula is C15H15ClFNO3. The molecule has 112 valence electrons. The number of hydrogen-bond acceptors (Lipinski definition) is 2. The Morgan fingerprint density at radius 3 is 2.52 bits per heavy atom. The van der Waals surface area contributed by atoms with Crippen molar-refractivity contribution in [3.63, 3.8) is 0 Å². The molecule has 2 aliphatic carbocycles. The van der Waals surface area contributed by atoms with Crippen LogP contribution in [0, 0.1) is 29.5 Å². The molecule has 6 heteroatoms. The van der Waals surface area contributed by atoms with E-state index < -0.39 is 29.5 Å². The zero-order valence-corrected chi connectivity index (χ0v) is 11.9. The maximum atomic E-state index is 13.7. The van der Waals surface area contributed by atoms with Crippen LogP contribution in [0.2, 0.25) is 5.02 Å². The number of aliphatic carboxylic acids is 1. The Labute approximate surface area is 126 Å². The van der Waals surface area contributed by atoms with Gasteiger partial charge in [0.05, 0.1) is 17.5 Å². The minimum absolute atomic E-state index is 0.0383. The Morgan fingerprint density at radius 1 is 1.24 bits per heavy atom. The largest absolute Gasteiger partial charge is 0.481 e. The highest BCUT2D eigenvalue weighted by Crippen LogP contribution is 2.52. The Morgan fingerprint density at radius 2 is 1.90 bits per heavy atom. The molecule has 2 aliphatic rings. The molecule has 0 aromatic heterocycles. The van der Waals surface area contributed by atoms with Crippen molar-refractivity contribution in [1.82, 2.24) is 0 Å². The van der Waals surface area contributed by atoms with Crippen LogP contribution >= 0.6 is 11.6 Å². The zero-order valence-electron chi connectivity index (χ0n) is 11.2. The highest BCUT2D eigenvalue weighted by Gasteiger charge is 2.54. The highest BCUT2D eigenvalue weighted by atomic mass is 35.5. The second kappa shape index (κ2) is 5.30. The minimum atomic E-state index is -0.932. The van der Waals surface area contributed by atoms with Crippen molar-refractivity contribution in [2.24, 2.45) is 23.7 Å². The number of nitrogens with one attached hydrogen (secondary N) is 1. The molecular weight excluding hydrogens is 297 g/mol. The van der Waals surface area contributed by atoms with Gasteiger partial charge >= 0.3 is 5.97 Å². The van der Waals surface area contributed by atoms with Crippen LogP contribution in [0.5, 0.6) is 0 Å². The molecule has 0 spiro atoms. The smallest absolute Gasteiger partial charge is 0.307 e. The van der Waals surface area contributed by atoms with Crippen LogP contribution < -0.4 is 5.32 Å². The van der Waals surface area contributed by atoms with Crippen LogP contribution in [0.25, 0.3) is 0 Å². The molecule has 4 atom stereocenters. The first-order chi connectivity index (χ1) is 9.97. The number of carboxylic acid groups (broad SMARTS) is 1. The monoisotopic (exact) mass is 311 g/mol. The topological polar surface area (TPSA) is 66.4 Å². The number of anilines is 1. The quantitative estimate of drug-likeness (QED) is 0.901. The number of benzene rings is 1. The summed E-state index contributed by atoms with van der Waals surface area (Å²) in [5.74, 6) is -3.03. The van der Waals surface area contributed by atoms with E-state index in [-0.39, 0.29) is 22.5 Å². The van der Waals surface area contributed by atoms with Gasteiger partial charge in [-0.25, -0.2) is 4.39 Å². The number of amides is 1. The summed E-state index contributed by atoms with van der Waals surface area (Å²) in [4.78, 5) is 23.8. The molecule has 1 aromatic rings. The molecule has 2 N–H and O–H groups in total. The average Bonchev–Trinajstić information content (AvgIpc) is 3.02. The number of carbonyl (C=O) groups is 2. The van der Waals surface area contributed by atoms with Crippen LogP contribution in [0.1, 0.15) is 19.3 Å². The SMILES string of the molecule is O=C(O)C1C2CCC(C2)C1C(=O)Nc1ccc(Cl)cc1F. The van der Waals surface area contributed by atoms with Gasteiger partial charge in [0.1, 0.15) is 5.82 Å². The van der Waals surface area contributed by atoms with Crippen LogP contribution in [-0.2, 0) is 9.59 Å². The van der Waals surface area contributed by atoms with Gasteiger partial charge < -0.3 is 10.4 Å². The molecule has 0 radical (unpaired) electrons. The maximum absolute atomic E-state index is 13.7. The van der Waals surface area contributed by atoms with E-state index in [4.69, 9.17) is 11.6 Å². The summed E-state index contributed by atoms with van der Waals surface area (Å²) < 4.78 is 13.7. The third kappa shape index (κ3) is 2.50. The Bertz CT molecular complexity index is 607. The lowest BCUT2D eigenvalue weighted by Gasteiger charge is -2.27. The van der Waals surface area contributed by atoms with Gasteiger partial charge in [-0.3, -0.25) is 9.59 Å². The molecule has 4 unspecified atom stereocenters. The van der Waals surface area contributed by atoms with Gasteiger partial charge in [0.2, 0.25) is 5.91 Å². The molecule has 0 aliphatic heterocycles. The second-order valence-electron chi connectivity index (χ2n) is 5.84. The molecule has 1 aromatic carbocycles. The van der Waals surface area contributed by atoms with E-state index in [0.29, 0.717) is 0 Å². The van der Waals surface area contributed by atoms with Crippen LogP contribution in [-0.4, -0.2) is 17.0 Å². The Kier molecular flexibility index (Phi) is 3.61. The summed E-state index contributed by atoms with van der Waals surface area (Å²) in [5, 5.41) is 12.1. The van der Waals surface area contributed by atoms with Crippen molar-refractivity contribution in [3.8, 4) is 0 Å².